The van der Waals surface area contributed by atoms with E-state index in [0.29, 0.717) is 5.92 Å². The highest BCUT2D eigenvalue weighted by molar-refractivity contribution is 7.99. The highest BCUT2D eigenvalue weighted by Crippen LogP contribution is 2.43. The van der Waals surface area contributed by atoms with Crippen LogP contribution in [-0.4, -0.2) is 46.1 Å². The molecule has 1 saturated heterocycles. The van der Waals surface area contributed by atoms with Gasteiger partial charge in [-0.25, -0.2) is 4.98 Å². The normalized spacial score (nSPS) is 20.5. The van der Waals surface area contributed by atoms with Gasteiger partial charge in [0.25, 0.3) is 0 Å². The van der Waals surface area contributed by atoms with E-state index in [1.54, 1.807) is 0 Å². The number of hydrogen-bond acceptors (Lipinski definition) is 7. The van der Waals surface area contributed by atoms with Crippen LogP contribution in [0.15, 0.2) is 39.6 Å². The van der Waals surface area contributed by atoms with Crippen molar-refractivity contribution in [2.24, 2.45) is 0 Å². The largest absolute Gasteiger partial charge is 0.461 e. The number of nitrogens with zero attached hydrogens (tertiary/aromatic N) is 3. The number of aryl methyl sites for hydroxylation is 1. The molecule has 1 aromatic carbocycles. The molecule has 4 heterocycles. The van der Waals surface area contributed by atoms with Crippen molar-refractivity contribution in [3.8, 4) is 0 Å². The summed E-state index contributed by atoms with van der Waals surface area (Å²) in [5.74, 6) is 4.35. The van der Waals surface area contributed by atoms with E-state index in [0.717, 1.165) is 79.7 Å². The van der Waals surface area contributed by atoms with Crippen LogP contribution in [0.2, 0.25) is 0 Å². The molecule has 0 unspecified atom stereocenters. The van der Waals surface area contributed by atoms with Gasteiger partial charge in [0, 0.05) is 36.6 Å². The molecular weight excluding hydrogens is 396 g/mol. The van der Waals surface area contributed by atoms with Crippen LogP contribution in [0.4, 0.5) is 11.8 Å². The molecule has 0 amide bonds. The summed E-state index contributed by atoms with van der Waals surface area (Å²) in [5.41, 5.74) is 1.96. The molecular formula is C23H26N4O2S. The number of benzene rings is 1. The fourth-order valence-electron chi connectivity index (χ4n) is 4.57. The van der Waals surface area contributed by atoms with E-state index in [1.165, 1.54) is 10.3 Å². The lowest BCUT2D eigenvalue weighted by Gasteiger charge is -2.31. The highest BCUT2D eigenvalue weighted by Gasteiger charge is 2.43. The lowest BCUT2D eigenvalue weighted by molar-refractivity contribution is 0.265. The molecule has 7 heteroatoms. The number of fused-ring (bicyclic) bond motifs is 2. The predicted octanol–water partition coefficient (Wildman–Crippen LogP) is 4.19. The van der Waals surface area contributed by atoms with E-state index in [2.05, 4.69) is 28.4 Å². The number of aliphatic hydroxyl groups is 1. The lowest BCUT2D eigenvalue weighted by atomic mass is 9.94. The summed E-state index contributed by atoms with van der Waals surface area (Å²) < 4.78 is 6.12. The highest BCUT2D eigenvalue weighted by atomic mass is 32.2. The Balaban J connectivity index is 1.21. The summed E-state index contributed by atoms with van der Waals surface area (Å²) in [6.07, 6.45) is 5.08. The molecule has 0 radical (unpaired) electrons. The Kier molecular flexibility index (Phi) is 4.42. The summed E-state index contributed by atoms with van der Waals surface area (Å²) >= 11 is 1.83. The number of aliphatic hydroxyl groups excluding tert-OH is 1. The zero-order chi connectivity index (χ0) is 20.1. The Morgan fingerprint density at radius 2 is 2.03 bits per heavy atom. The fraction of sp³-hybridized carbons (Fsp3) is 0.478. The molecule has 6 nitrogen and oxygen atoms in total. The van der Waals surface area contributed by atoms with Gasteiger partial charge < -0.3 is 19.7 Å². The van der Waals surface area contributed by atoms with Crippen LogP contribution in [0.25, 0.3) is 11.0 Å². The molecule has 6 rings (SSSR count). The maximum Gasteiger partial charge on any atom is 0.227 e. The predicted molar refractivity (Wildman–Crippen MR) is 120 cm³/mol. The van der Waals surface area contributed by atoms with Crippen molar-refractivity contribution in [3.63, 3.8) is 0 Å². The molecule has 2 aromatic heterocycles. The van der Waals surface area contributed by atoms with Gasteiger partial charge in [0.05, 0.1) is 22.7 Å². The standard InChI is InChI=1S/C23H26N4O2S/c28-14-23(8-9-23)26-21-20-17(7-12-30-20)24-22(25-21)27-10-5-15(6-11-27)19-13-16-3-1-2-4-18(16)29-19/h1-4,13,15,28H,5-12,14H2,(H,24,25,26). The maximum absolute atomic E-state index is 9.74. The third-order valence-corrected chi connectivity index (χ3v) is 7.80. The van der Waals surface area contributed by atoms with E-state index in [4.69, 9.17) is 14.4 Å². The van der Waals surface area contributed by atoms with Crippen LogP contribution in [0.1, 0.15) is 43.1 Å². The Hall–Kier alpha value is -2.25. The molecule has 30 heavy (non-hydrogen) atoms. The molecule has 1 saturated carbocycles. The van der Waals surface area contributed by atoms with Crippen molar-refractivity contribution < 1.29 is 9.52 Å². The molecule has 3 aromatic rings. The van der Waals surface area contributed by atoms with E-state index in [-0.39, 0.29) is 12.1 Å². The molecule has 2 fully saturated rings. The van der Waals surface area contributed by atoms with Crippen LogP contribution in [0.5, 0.6) is 0 Å². The SMILES string of the molecule is OCC1(Nc2nc(N3CCC(c4cc5ccccc5o4)CC3)nc3c2SCC3)CC1. The molecule has 1 aliphatic carbocycles. The van der Waals surface area contributed by atoms with Gasteiger partial charge in [-0.15, -0.1) is 11.8 Å². The minimum atomic E-state index is -0.170. The summed E-state index contributed by atoms with van der Waals surface area (Å²) in [4.78, 5) is 13.3. The zero-order valence-electron chi connectivity index (χ0n) is 16.9. The number of para-hydroxylation sites is 1. The van der Waals surface area contributed by atoms with Crippen LogP contribution in [0.3, 0.4) is 0 Å². The van der Waals surface area contributed by atoms with Gasteiger partial charge in [-0.1, -0.05) is 18.2 Å². The van der Waals surface area contributed by atoms with Gasteiger partial charge >= 0.3 is 0 Å². The smallest absolute Gasteiger partial charge is 0.227 e. The van der Waals surface area contributed by atoms with E-state index < -0.39 is 0 Å². The van der Waals surface area contributed by atoms with Crippen LogP contribution in [0, 0.1) is 0 Å². The molecule has 0 bridgehead atoms. The van der Waals surface area contributed by atoms with Crippen LogP contribution >= 0.6 is 11.8 Å². The summed E-state index contributed by atoms with van der Waals surface area (Å²) in [5, 5.41) is 14.5. The molecule has 3 aliphatic rings. The molecule has 0 atom stereocenters. The first-order valence-electron chi connectivity index (χ1n) is 10.9. The van der Waals surface area contributed by atoms with E-state index >= 15 is 0 Å². The second-order valence-corrected chi connectivity index (χ2v) is 9.86. The van der Waals surface area contributed by atoms with Gasteiger partial charge in [-0.2, -0.15) is 4.98 Å². The van der Waals surface area contributed by atoms with Crippen molar-refractivity contribution in [3.05, 3.63) is 41.8 Å². The zero-order valence-corrected chi connectivity index (χ0v) is 17.7. The van der Waals surface area contributed by atoms with Crippen LogP contribution in [-0.2, 0) is 6.42 Å². The molecule has 156 valence electrons. The Morgan fingerprint density at radius 3 is 2.80 bits per heavy atom. The quantitative estimate of drug-likeness (QED) is 0.638. The third-order valence-electron chi connectivity index (χ3n) is 6.67. The first-order valence-corrected chi connectivity index (χ1v) is 11.9. The topological polar surface area (TPSA) is 74.4 Å². The summed E-state index contributed by atoms with van der Waals surface area (Å²) in [6, 6.07) is 10.4. The van der Waals surface area contributed by atoms with E-state index in [1.807, 2.05) is 23.9 Å². The lowest BCUT2D eigenvalue weighted by Crippen LogP contribution is -2.35. The average Bonchev–Trinajstić information content (AvgIpc) is 3.20. The maximum atomic E-state index is 9.74. The number of anilines is 2. The number of thioether (sulfide) groups is 1. The second-order valence-electron chi connectivity index (χ2n) is 8.76. The van der Waals surface area contributed by atoms with E-state index in [9.17, 15) is 5.11 Å². The van der Waals surface area contributed by atoms with Gasteiger partial charge in [-0.3, -0.25) is 0 Å². The fourth-order valence-corrected chi connectivity index (χ4v) is 5.62. The first kappa shape index (κ1) is 18.5. The number of rotatable bonds is 5. The number of nitrogens with one attached hydrogen (secondary N) is 1. The van der Waals surface area contributed by atoms with Crippen molar-refractivity contribution >= 4 is 34.5 Å². The molecule has 2 aliphatic heterocycles. The third kappa shape index (κ3) is 3.24. The number of hydrogen-bond donors (Lipinski definition) is 2. The van der Waals surface area contributed by atoms with Crippen molar-refractivity contribution in [1.82, 2.24) is 9.97 Å². The van der Waals surface area contributed by atoms with Crippen molar-refractivity contribution in [2.75, 3.05) is 35.7 Å². The first-order chi connectivity index (χ1) is 14.7. The van der Waals surface area contributed by atoms with Gasteiger partial charge in [-0.05, 0) is 37.8 Å². The minimum absolute atomic E-state index is 0.161. The number of furan rings is 1. The number of aromatic nitrogens is 2. The van der Waals surface area contributed by atoms with Crippen LogP contribution < -0.4 is 10.2 Å². The summed E-state index contributed by atoms with van der Waals surface area (Å²) in [7, 11) is 0. The molecule has 0 spiro atoms. The minimum Gasteiger partial charge on any atom is -0.461 e. The second kappa shape index (κ2) is 7.17. The Bertz CT molecular complexity index is 1050. The Labute approximate surface area is 180 Å². The van der Waals surface area contributed by atoms with Crippen molar-refractivity contribution in [1.29, 1.82) is 0 Å². The molecule has 2 N–H and O–H groups in total. The average molecular weight is 423 g/mol. The Morgan fingerprint density at radius 1 is 1.20 bits per heavy atom. The van der Waals surface area contributed by atoms with Gasteiger partial charge in [0.15, 0.2) is 0 Å². The number of piperidine rings is 1. The van der Waals surface area contributed by atoms with Gasteiger partial charge in [0.1, 0.15) is 17.2 Å². The monoisotopic (exact) mass is 422 g/mol. The summed E-state index contributed by atoms with van der Waals surface area (Å²) in [6.45, 7) is 2.02. The van der Waals surface area contributed by atoms with Crippen molar-refractivity contribution in [2.45, 2.75) is 48.5 Å². The van der Waals surface area contributed by atoms with Gasteiger partial charge in [0.2, 0.25) is 5.95 Å².